The molecule has 1 heterocycles. The predicted molar refractivity (Wildman–Crippen MR) is 100 cm³/mol. The molecule has 2 aromatic rings. The molecular formula is C19H22FNO3S2. The first kappa shape index (κ1) is 19.0. The average molecular weight is 396 g/mol. The van der Waals surface area contributed by atoms with E-state index in [1.165, 1.54) is 23.5 Å². The van der Waals surface area contributed by atoms with Crippen molar-refractivity contribution in [3.05, 3.63) is 52.5 Å². The largest absolute Gasteiger partial charge is 0.354 e. The van der Waals surface area contributed by atoms with Crippen LogP contribution in [-0.4, -0.2) is 20.9 Å². The fourth-order valence-corrected chi connectivity index (χ4v) is 6.11. The summed E-state index contributed by atoms with van der Waals surface area (Å²) in [5, 5.41) is 3.78. The SMILES string of the molecule is O=C(NCC(c1cccs1)S(=O)(=O)c1ccc(F)cc1)C1CCCCC1. The lowest BCUT2D eigenvalue weighted by Gasteiger charge is -2.23. The summed E-state index contributed by atoms with van der Waals surface area (Å²) >= 11 is 1.34. The zero-order chi connectivity index (χ0) is 18.6. The van der Waals surface area contributed by atoms with Crippen LogP contribution >= 0.6 is 11.3 Å². The van der Waals surface area contributed by atoms with Crippen molar-refractivity contribution >= 4 is 27.1 Å². The highest BCUT2D eigenvalue weighted by Gasteiger charge is 2.31. The molecule has 4 nitrogen and oxygen atoms in total. The number of rotatable bonds is 6. The van der Waals surface area contributed by atoms with Crippen LogP contribution < -0.4 is 5.32 Å². The summed E-state index contributed by atoms with van der Waals surface area (Å²) in [5.74, 6) is -0.580. The number of hydrogen-bond donors (Lipinski definition) is 1. The van der Waals surface area contributed by atoms with Crippen LogP contribution in [0.1, 0.15) is 42.2 Å². The van der Waals surface area contributed by atoms with Gasteiger partial charge in [-0.25, -0.2) is 12.8 Å². The lowest BCUT2D eigenvalue weighted by molar-refractivity contribution is -0.125. The van der Waals surface area contributed by atoms with E-state index >= 15 is 0 Å². The van der Waals surface area contributed by atoms with Crippen LogP contribution in [0.3, 0.4) is 0 Å². The van der Waals surface area contributed by atoms with Crippen molar-refractivity contribution in [1.29, 1.82) is 0 Å². The number of benzene rings is 1. The highest BCUT2D eigenvalue weighted by atomic mass is 32.2. The van der Waals surface area contributed by atoms with Gasteiger partial charge in [0.15, 0.2) is 9.84 Å². The molecule has 1 unspecified atom stereocenters. The minimum absolute atomic E-state index is 0.0234. The van der Waals surface area contributed by atoms with Crippen molar-refractivity contribution < 1.29 is 17.6 Å². The van der Waals surface area contributed by atoms with Crippen LogP contribution in [0, 0.1) is 11.7 Å². The van der Waals surface area contributed by atoms with Gasteiger partial charge < -0.3 is 5.32 Å². The number of carbonyl (C=O) groups excluding carboxylic acids is 1. The van der Waals surface area contributed by atoms with Crippen molar-refractivity contribution in [1.82, 2.24) is 5.32 Å². The fourth-order valence-electron chi connectivity index (χ4n) is 3.33. The quantitative estimate of drug-likeness (QED) is 0.749. The maximum absolute atomic E-state index is 13.2. The first-order valence-corrected chi connectivity index (χ1v) is 11.2. The number of thiophene rings is 1. The third-order valence-corrected chi connectivity index (χ3v) is 8.05. The molecule has 1 saturated carbocycles. The number of nitrogens with one attached hydrogen (secondary N) is 1. The molecule has 0 aliphatic heterocycles. The van der Waals surface area contributed by atoms with Gasteiger partial charge in [0.1, 0.15) is 11.1 Å². The smallest absolute Gasteiger partial charge is 0.223 e. The van der Waals surface area contributed by atoms with Crippen LogP contribution in [0.25, 0.3) is 0 Å². The summed E-state index contributed by atoms with van der Waals surface area (Å²) in [5.41, 5.74) is 0. The first-order valence-electron chi connectivity index (χ1n) is 8.79. The van der Waals surface area contributed by atoms with Gasteiger partial charge in [0, 0.05) is 17.3 Å². The summed E-state index contributed by atoms with van der Waals surface area (Å²) < 4.78 is 39.3. The van der Waals surface area contributed by atoms with Crippen molar-refractivity contribution in [2.24, 2.45) is 5.92 Å². The average Bonchev–Trinajstić information content (AvgIpc) is 3.17. The number of halogens is 1. The second-order valence-corrected chi connectivity index (χ2v) is 9.69. The van der Waals surface area contributed by atoms with Crippen LogP contribution in [0.4, 0.5) is 4.39 Å². The van der Waals surface area contributed by atoms with Gasteiger partial charge in [-0.2, -0.15) is 0 Å². The van der Waals surface area contributed by atoms with Crippen molar-refractivity contribution in [3.63, 3.8) is 0 Å². The summed E-state index contributed by atoms with van der Waals surface area (Å²) in [7, 11) is -3.74. The number of carbonyl (C=O) groups is 1. The second kappa shape index (κ2) is 8.31. The zero-order valence-electron chi connectivity index (χ0n) is 14.4. The lowest BCUT2D eigenvalue weighted by atomic mass is 9.89. The third kappa shape index (κ3) is 4.32. The Hall–Kier alpha value is -1.73. The van der Waals surface area contributed by atoms with Gasteiger partial charge in [-0.05, 0) is 48.6 Å². The molecule has 0 bridgehead atoms. The Morgan fingerprint density at radius 1 is 1.15 bits per heavy atom. The minimum atomic E-state index is -3.74. The number of amides is 1. The standard InChI is InChI=1S/C19H22FNO3S2/c20-15-8-10-16(11-9-15)26(23,24)18(17-7-4-12-25-17)13-21-19(22)14-5-2-1-3-6-14/h4,7-12,14,18H,1-3,5-6,13H2,(H,21,22). The van der Waals surface area contributed by atoms with Gasteiger partial charge in [-0.1, -0.05) is 25.3 Å². The maximum atomic E-state index is 13.2. The van der Waals surface area contributed by atoms with Gasteiger partial charge in [-0.15, -0.1) is 11.3 Å². The fraction of sp³-hybridized carbons (Fsp3) is 0.421. The monoisotopic (exact) mass is 395 g/mol. The molecular weight excluding hydrogens is 373 g/mol. The number of hydrogen-bond acceptors (Lipinski definition) is 4. The van der Waals surface area contributed by atoms with Gasteiger partial charge in [0.05, 0.1) is 4.90 Å². The summed E-state index contributed by atoms with van der Waals surface area (Å²) in [6.07, 6.45) is 4.96. The van der Waals surface area contributed by atoms with E-state index in [1.807, 2.05) is 5.38 Å². The van der Waals surface area contributed by atoms with Gasteiger partial charge in [0.2, 0.25) is 5.91 Å². The van der Waals surface area contributed by atoms with E-state index < -0.39 is 20.9 Å². The summed E-state index contributed by atoms with van der Waals surface area (Å²) in [6.45, 7) is 0.0234. The molecule has 140 valence electrons. The Kier molecular flexibility index (Phi) is 6.09. The van der Waals surface area contributed by atoms with E-state index in [0.29, 0.717) is 4.88 Å². The molecule has 1 N–H and O–H groups in total. The van der Waals surface area contributed by atoms with Crippen molar-refractivity contribution in [2.75, 3.05) is 6.54 Å². The Morgan fingerprint density at radius 3 is 2.46 bits per heavy atom. The molecule has 1 amide bonds. The summed E-state index contributed by atoms with van der Waals surface area (Å²) in [4.78, 5) is 13.2. The third-order valence-electron chi connectivity index (χ3n) is 4.81. The molecule has 1 atom stereocenters. The van der Waals surface area contributed by atoms with E-state index in [4.69, 9.17) is 0 Å². The van der Waals surface area contributed by atoms with E-state index in [1.54, 1.807) is 12.1 Å². The van der Waals surface area contributed by atoms with Gasteiger partial charge in [0.25, 0.3) is 0 Å². The highest BCUT2D eigenvalue weighted by Crippen LogP contribution is 2.32. The Labute approximate surface area is 157 Å². The Balaban J connectivity index is 1.79. The zero-order valence-corrected chi connectivity index (χ0v) is 16.0. The maximum Gasteiger partial charge on any atom is 0.223 e. The van der Waals surface area contributed by atoms with Crippen molar-refractivity contribution in [2.45, 2.75) is 42.2 Å². The normalized spacial score (nSPS) is 17.0. The van der Waals surface area contributed by atoms with E-state index in [2.05, 4.69) is 5.32 Å². The van der Waals surface area contributed by atoms with Gasteiger partial charge >= 0.3 is 0 Å². The molecule has 7 heteroatoms. The molecule has 1 aromatic carbocycles. The minimum Gasteiger partial charge on any atom is -0.354 e. The number of sulfone groups is 1. The summed E-state index contributed by atoms with van der Waals surface area (Å²) in [6, 6.07) is 8.36. The first-order chi connectivity index (χ1) is 12.5. The highest BCUT2D eigenvalue weighted by molar-refractivity contribution is 7.91. The lowest BCUT2D eigenvalue weighted by Crippen LogP contribution is -2.36. The van der Waals surface area contributed by atoms with Crippen LogP contribution in [0.5, 0.6) is 0 Å². The Bertz CT molecular complexity index is 826. The molecule has 1 aromatic heterocycles. The second-order valence-electron chi connectivity index (χ2n) is 6.58. The van der Waals surface area contributed by atoms with E-state index in [-0.39, 0.29) is 23.3 Å². The van der Waals surface area contributed by atoms with Gasteiger partial charge in [-0.3, -0.25) is 4.79 Å². The molecule has 26 heavy (non-hydrogen) atoms. The van der Waals surface area contributed by atoms with Crippen LogP contribution in [-0.2, 0) is 14.6 Å². The van der Waals surface area contributed by atoms with Crippen LogP contribution in [0.15, 0.2) is 46.7 Å². The predicted octanol–water partition coefficient (Wildman–Crippen LogP) is 4.10. The van der Waals surface area contributed by atoms with E-state index in [9.17, 15) is 17.6 Å². The molecule has 0 saturated heterocycles. The molecule has 0 radical (unpaired) electrons. The molecule has 0 spiro atoms. The molecule has 1 aliphatic rings. The van der Waals surface area contributed by atoms with Crippen LogP contribution in [0.2, 0.25) is 0 Å². The Morgan fingerprint density at radius 2 is 1.85 bits per heavy atom. The van der Waals surface area contributed by atoms with E-state index in [0.717, 1.165) is 44.2 Å². The molecule has 1 aliphatic carbocycles. The molecule has 1 fully saturated rings. The molecule has 3 rings (SSSR count). The topological polar surface area (TPSA) is 63.2 Å². The van der Waals surface area contributed by atoms with Crippen molar-refractivity contribution in [3.8, 4) is 0 Å².